The smallest absolute Gasteiger partial charge is 0.210 e. The molecule has 32 heavy (non-hydrogen) atoms. The number of benzene rings is 3. The minimum atomic E-state index is -4.11. The number of hydrogen-bond donors (Lipinski definition) is 1. The van der Waals surface area contributed by atoms with Crippen LogP contribution in [0.2, 0.25) is 0 Å². The van der Waals surface area contributed by atoms with E-state index in [4.69, 9.17) is 9.84 Å². The summed E-state index contributed by atoms with van der Waals surface area (Å²) in [6, 6.07) is 13.9. The van der Waals surface area contributed by atoms with Crippen LogP contribution < -0.4 is 4.74 Å². The Labute approximate surface area is 189 Å². The highest BCUT2D eigenvalue weighted by Crippen LogP contribution is 2.35. The molecule has 0 aliphatic heterocycles. The van der Waals surface area contributed by atoms with Crippen LogP contribution in [0.5, 0.6) is 5.75 Å². The molecule has 3 aromatic carbocycles. The summed E-state index contributed by atoms with van der Waals surface area (Å²) in [4.78, 5) is -0.207. The van der Waals surface area contributed by atoms with Crippen LogP contribution in [0.25, 0.3) is 0 Å². The van der Waals surface area contributed by atoms with Gasteiger partial charge in [0.1, 0.15) is 17.3 Å². The number of rotatable bonds is 7. The highest BCUT2D eigenvalue weighted by Gasteiger charge is 2.28. The quantitative estimate of drug-likeness (QED) is 0.557. The second-order valence-electron chi connectivity index (χ2n) is 7.73. The molecule has 0 saturated heterocycles. The van der Waals surface area contributed by atoms with Crippen LogP contribution in [-0.4, -0.2) is 35.2 Å². The minimum absolute atomic E-state index is 0.0140. The summed E-state index contributed by atoms with van der Waals surface area (Å²) in [6.45, 7) is 6.50. The van der Waals surface area contributed by atoms with Gasteiger partial charge >= 0.3 is 0 Å². The topological polar surface area (TPSA) is 97.7 Å². The van der Waals surface area contributed by atoms with Gasteiger partial charge in [0, 0.05) is 0 Å². The van der Waals surface area contributed by atoms with E-state index in [2.05, 4.69) is 0 Å². The van der Waals surface area contributed by atoms with Crippen molar-refractivity contribution < 1.29 is 26.7 Å². The van der Waals surface area contributed by atoms with E-state index in [0.29, 0.717) is 11.1 Å². The maximum absolute atomic E-state index is 13.6. The number of hydrogen-bond acceptors (Lipinski definition) is 6. The lowest BCUT2D eigenvalue weighted by Gasteiger charge is -2.16. The largest absolute Gasteiger partial charge is 0.490 e. The first-order chi connectivity index (χ1) is 15.0. The first-order valence-electron chi connectivity index (χ1n) is 10.0. The van der Waals surface area contributed by atoms with Gasteiger partial charge in [-0.2, -0.15) is 0 Å². The molecule has 3 aromatic rings. The van der Waals surface area contributed by atoms with Gasteiger partial charge in [-0.15, -0.1) is 0 Å². The fraction of sp³-hybridized carbons (Fsp3) is 0.250. The maximum atomic E-state index is 13.6. The lowest BCUT2D eigenvalue weighted by Crippen LogP contribution is -2.12. The lowest BCUT2D eigenvalue weighted by atomic mass is 10.2. The van der Waals surface area contributed by atoms with Gasteiger partial charge < -0.3 is 9.84 Å². The van der Waals surface area contributed by atoms with Gasteiger partial charge in [-0.05, 0) is 80.3 Å². The summed E-state index contributed by atoms with van der Waals surface area (Å²) < 4.78 is 59.4. The zero-order valence-electron chi connectivity index (χ0n) is 18.4. The fourth-order valence-electron chi connectivity index (χ4n) is 3.38. The van der Waals surface area contributed by atoms with Gasteiger partial charge in [0.2, 0.25) is 19.7 Å². The van der Waals surface area contributed by atoms with Crippen molar-refractivity contribution in [3.8, 4) is 5.75 Å². The molecule has 0 aliphatic rings. The van der Waals surface area contributed by atoms with Crippen LogP contribution >= 0.6 is 0 Å². The van der Waals surface area contributed by atoms with E-state index in [0.717, 1.165) is 17.2 Å². The monoisotopic (exact) mass is 474 g/mol. The first-order valence-corrected chi connectivity index (χ1v) is 13.0. The number of aliphatic hydroxyl groups is 1. The average Bonchev–Trinajstić information content (AvgIpc) is 2.75. The zero-order chi connectivity index (χ0) is 23.7. The Hall–Kier alpha value is -2.68. The predicted molar refractivity (Wildman–Crippen MR) is 122 cm³/mol. The number of sulfone groups is 2. The Balaban J connectivity index is 2.26. The number of aryl methyl sites for hydroxylation is 4. The Morgan fingerprint density at radius 1 is 0.688 bits per heavy atom. The fourth-order valence-corrected chi connectivity index (χ4v) is 6.80. The Bertz CT molecular complexity index is 1370. The van der Waals surface area contributed by atoms with Crippen molar-refractivity contribution in [3.63, 3.8) is 0 Å². The van der Waals surface area contributed by atoms with Crippen molar-refractivity contribution in [3.05, 3.63) is 76.9 Å². The van der Waals surface area contributed by atoms with Crippen LogP contribution in [-0.2, 0) is 19.7 Å². The first kappa shape index (κ1) is 24.0. The lowest BCUT2D eigenvalue weighted by molar-refractivity contribution is 0.198. The molecule has 0 heterocycles. The Morgan fingerprint density at radius 3 is 1.75 bits per heavy atom. The van der Waals surface area contributed by atoms with Crippen molar-refractivity contribution in [1.82, 2.24) is 0 Å². The SMILES string of the molecule is Cc1ccc(C)c(S(=O)(=O)c2ccc(OCCO)c(S(=O)(=O)c3cc(C)ccc3C)c2)c1. The Kier molecular flexibility index (Phi) is 6.78. The summed E-state index contributed by atoms with van der Waals surface area (Å²) in [5.74, 6) is -0.0140. The third kappa shape index (κ3) is 4.57. The van der Waals surface area contributed by atoms with Gasteiger partial charge in [-0.3, -0.25) is 0 Å². The molecule has 3 rings (SSSR count). The average molecular weight is 475 g/mol. The summed E-state index contributed by atoms with van der Waals surface area (Å²) in [7, 11) is -8.09. The molecular formula is C24H26O6S2. The van der Waals surface area contributed by atoms with Crippen LogP contribution in [0.3, 0.4) is 0 Å². The van der Waals surface area contributed by atoms with Gasteiger partial charge in [-0.1, -0.05) is 24.3 Å². The molecule has 0 radical (unpaired) electrons. The Morgan fingerprint density at radius 2 is 1.22 bits per heavy atom. The van der Waals surface area contributed by atoms with Crippen LogP contribution in [0.15, 0.2) is 74.2 Å². The number of ether oxygens (including phenoxy) is 1. The molecule has 0 spiro atoms. The zero-order valence-corrected chi connectivity index (χ0v) is 20.0. The molecule has 6 nitrogen and oxygen atoms in total. The van der Waals surface area contributed by atoms with Gasteiger partial charge in [0.05, 0.1) is 21.3 Å². The van der Waals surface area contributed by atoms with Crippen LogP contribution in [0.1, 0.15) is 22.3 Å². The summed E-state index contributed by atoms with van der Waals surface area (Å²) in [5, 5.41) is 9.14. The molecule has 8 heteroatoms. The van der Waals surface area contributed by atoms with Crippen molar-refractivity contribution in [2.45, 2.75) is 47.3 Å². The molecule has 0 aliphatic carbocycles. The summed E-state index contributed by atoms with van der Waals surface area (Å²) in [5.41, 5.74) is 2.63. The van der Waals surface area contributed by atoms with Crippen molar-refractivity contribution in [1.29, 1.82) is 0 Å². The van der Waals surface area contributed by atoms with E-state index >= 15 is 0 Å². The van der Waals surface area contributed by atoms with E-state index in [1.807, 2.05) is 6.07 Å². The molecule has 0 fully saturated rings. The van der Waals surface area contributed by atoms with Crippen LogP contribution in [0.4, 0.5) is 0 Å². The van der Waals surface area contributed by atoms with Crippen molar-refractivity contribution >= 4 is 19.7 Å². The van der Waals surface area contributed by atoms with E-state index in [9.17, 15) is 16.8 Å². The molecule has 1 N–H and O–H groups in total. The molecule has 0 bridgehead atoms. The molecule has 170 valence electrons. The highest BCUT2D eigenvalue weighted by molar-refractivity contribution is 7.92. The van der Waals surface area contributed by atoms with E-state index in [1.165, 1.54) is 12.1 Å². The third-order valence-electron chi connectivity index (χ3n) is 5.13. The highest BCUT2D eigenvalue weighted by atomic mass is 32.2. The minimum Gasteiger partial charge on any atom is -0.490 e. The normalized spacial score (nSPS) is 12.0. The molecule has 0 amide bonds. The second-order valence-corrected chi connectivity index (χ2v) is 11.5. The van der Waals surface area contributed by atoms with E-state index in [-0.39, 0.29) is 38.5 Å². The second kappa shape index (κ2) is 9.05. The molecule has 0 aromatic heterocycles. The van der Waals surface area contributed by atoms with Crippen LogP contribution in [0, 0.1) is 27.7 Å². The van der Waals surface area contributed by atoms with Crippen molar-refractivity contribution in [2.75, 3.05) is 13.2 Å². The van der Waals surface area contributed by atoms with Gasteiger partial charge in [0.25, 0.3) is 0 Å². The predicted octanol–water partition coefficient (Wildman–Crippen LogP) is 3.96. The summed E-state index contributed by atoms with van der Waals surface area (Å²) >= 11 is 0. The summed E-state index contributed by atoms with van der Waals surface area (Å²) in [6.07, 6.45) is 0. The van der Waals surface area contributed by atoms with E-state index in [1.54, 1.807) is 58.0 Å². The number of aliphatic hydroxyl groups excluding tert-OH is 1. The maximum Gasteiger partial charge on any atom is 0.210 e. The van der Waals surface area contributed by atoms with Gasteiger partial charge in [0.15, 0.2) is 0 Å². The third-order valence-corrected chi connectivity index (χ3v) is 8.94. The van der Waals surface area contributed by atoms with Gasteiger partial charge in [-0.25, -0.2) is 16.8 Å². The standard InChI is InChI=1S/C24H26O6S2/c1-16-5-7-18(3)22(13-16)31(26,27)20-9-10-21(30-12-11-25)24(15-20)32(28,29)23-14-17(2)6-8-19(23)4/h5-10,13-15,25H,11-12H2,1-4H3. The molecule has 0 unspecified atom stereocenters. The molecule has 0 saturated carbocycles. The van der Waals surface area contributed by atoms with E-state index < -0.39 is 19.7 Å². The molecular weight excluding hydrogens is 448 g/mol. The van der Waals surface area contributed by atoms with Crippen molar-refractivity contribution in [2.24, 2.45) is 0 Å². The molecule has 0 atom stereocenters.